The summed E-state index contributed by atoms with van der Waals surface area (Å²) >= 11 is 0. The molecule has 14 heavy (non-hydrogen) atoms. The van der Waals surface area contributed by atoms with E-state index in [0.717, 1.165) is 12.4 Å². The predicted molar refractivity (Wildman–Crippen MR) is 59.0 cm³/mol. The van der Waals surface area contributed by atoms with Crippen LogP contribution in [0.15, 0.2) is 6.07 Å². The molecule has 78 valence electrons. The molecule has 0 fully saturated rings. The third kappa shape index (κ3) is 2.25. The Labute approximate surface area is 84.1 Å². The Morgan fingerprint density at radius 2 is 2.00 bits per heavy atom. The number of rotatable bonds is 3. The molecule has 0 aliphatic rings. The lowest BCUT2D eigenvalue weighted by molar-refractivity contribution is 0.693. The maximum Gasteiger partial charge on any atom is 0.223 e. The minimum absolute atomic E-state index is 0.221. The molecule has 0 bridgehead atoms. The summed E-state index contributed by atoms with van der Waals surface area (Å²) in [5, 5.41) is 0. The van der Waals surface area contributed by atoms with Crippen LogP contribution in [0.4, 0.5) is 17.6 Å². The molecule has 0 saturated heterocycles. The first-order valence-corrected chi connectivity index (χ1v) is 4.71. The highest BCUT2D eigenvalue weighted by Gasteiger charge is 2.10. The van der Waals surface area contributed by atoms with Crippen molar-refractivity contribution in [3.05, 3.63) is 6.07 Å². The van der Waals surface area contributed by atoms with Crippen molar-refractivity contribution in [1.82, 2.24) is 9.97 Å². The van der Waals surface area contributed by atoms with Crippen LogP contribution in [0.5, 0.6) is 0 Å². The monoisotopic (exact) mass is 195 g/mol. The van der Waals surface area contributed by atoms with Gasteiger partial charge < -0.3 is 16.4 Å². The van der Waals surface area contributed by atoms with Crippen LogP contribution >= 0.6 is 0 Å². The standard InChI is InChI=1S/C9H17N5/c1-4-14(6(2)3)8-5-7(10)12-9(11)13-8/h5-6H,4H2,1-3H3,(H4,10,11,12,13). The van der Waals surface area contributed by atoms with E-state index >= 15 is 0 Å². The Hall–Kier alpha value is -1.52. The third-order valence-corrected chi connectivity index (χ3v) is 2.01. The van der Waals surface area contributed by atoms with Crippen LogP contribution in [-0.4, -0.2) is 22.6 Å². The van der Waals surface area contributed by atoms with Gasteiger partial charge in [-0.2, -0.15) is 9.97 Å². The molecule has 0 amide bonds. The van der Waals surface area contributed by atoms with E-state index in [0.29, 0.717) is 11.9 Å². The topological polar surface area (TPSA) is 81.1 Å². The highest BCUT2D eigenvalue weighted by Crippen LogP contribution is 2.16. The van der Waals surface area contributed by atoms with Gasteiger partial charge in [-0.25, -0.2) is 0 Å². The van der Waals surface area contributed by atoms with Gasteiger partial charge in [0, 0.05) is 18.7 Å². The first-order chi connectivity index (χ1) is 6.54. The summed E-state index contributed by atoms with van der Waals surface area (Å²) in [5.41, 5.74) is 11.1. The maximum absolute atomic E-state index is 5.59. The zero-order valence-electron chi connectivity index (χ0n) is 8.86. The van der Waals surface area contributed by atoms with Crippen LogP contribution in [0, 0.1) is 0 Å². The van der Waals surface area contributed by atoms with Crippen LogP contribution in [0.1, 0.15) is 20.8 Å². The van der Waals surface area contributed by atoms with Crippen molar-refractivity contribution < 1.29 is 0 Å². The van der Waals surface area contributed by atoms with Crippen molar-refractivity contribution in [2.75, 3.05) is 22.9 Å². The Kier molecular flexibility index (Phi) is 3.11. The van der Waals surface area contributed by atoms with Gasteiger partial charge in [-0.3, -0.25) is 0 Å². The van der Waals surface area contributed by atoms with Gasteiger partial charge in [-0.1, -0.05) is 0 Å². The molecule has 5 nitrogen and oxygen atoms in total. The zero-order valence-corrected chi connectivity index (χ0v) is 8.86. The van der Waals surface area contributed by atoms with Crippen molar-refractivity contribution >= 4 is 17.6 Å². The molecule has 0 spiro atoms. The normalized spacial score (nSPS) is 10.6. The molecule has 0 radical (unpaired) electrons. The quantitative estimate of drug-likeness (QED) is 0.748. The summed E-state index contributed by atoms with van der Waals surface area (Å²) in [7, 11) is 0. The van der Waals surface area contributed by atoms with Crippen LogP contribution < -0.4 is 16.4 Å². The summed E-state index contributed by atoms with van der Waals surface area (Å²) < 4.78 is 0. The highest BCUT2D eigenvalue weighted by atomic mass is 15.2. The van der Waals surface area contributed by atoms with E-state index in [4.69, 9.17) is 11.5 Å². The molecule has 5 heteroatoms. The zero-order chi connectivity index (χ0) is 10.7. The van der Waals surface area contributed by atoms with Gasteiger partial charge in [0.2, 0.25) is 5.95 Å². The Balaban J connectivity index is 3.04. The van der Waals surface area contributed by atoms with Crippen LogP contribution in [0.25, 0.3) is 0 Å². The highest BCUT2D eigenvalue weighted by molar-refractivity contribution is 5.50. The average Bonchev–Trinajstić information content (AvgIpc) is 2.02. The Morgan fingerprint density at radius 1 is 1.36 bits per heavy atom. The van der Waals surface area contributed by atoms with Crippen LogP contribution in [0.3, 0.4) is 0 Å². The molecule has 1 aromatic heterocycles. The van der Waals surface area contributed by atoms with Gasteiger partial charge in [0.25, 0.3) is 0 Å². The lowest BCUT2D eigenvalue weighted by Crippen LogP contribution is -2.31. The maximum atomic E-state index is 5.59. The predicted octanol–water partition coefficient (Wildman–Crippen LogP) is 0.876. The largest absolute Gasteiger partial charge is 0.383 e. The fraction of sp³-hybridized carbons (Fsp3) is 0.556. The molecule has 1 rings (SSSR count). The van der Waals surface area contributed by atoms with E-state index in [2.05, 4.69) is 35.6 Å². The minimum atomic E-state index is 0.221. The molecule has 0 aliphatic heterocycles. The van der Waals surface area contributed by atoms with Crippen molar-refractivity contribution in [3.63, 3.8) is 0 Å². The SMILES string of the molecule is CCN(c1cc(N)nc(N)n1)C(C)C. The lowest BCUT2D eigenvalue weighted by Gasteiger charge is -2.26. The number of hydrogen-bond acceptors (Lipinski definition) is 5. The second-order valence-electron chi connectivity index (χ2n) is 3.39. The van der Waals surface area contributed by atoms with Gasteiger partial charge in [0.1, 0.15) is 11.6 Å². The molecule has 1 heterocycles. The Morgan fingerprint density at radius 3 is 2.43 bits per heavy atom. The molecular formula is C9H17N5. The summed E-state index contributed by atoms with van der Waals surface area (Å²) in [6.07, 6.45) is 0. The second-order valence-corrected chi connectivity index (χ2v) is 3.39. The molecule has 0 saturated carbocycles. The van der Waals surface area contributed by atoms with Crippen molar-refractivity contribution in [2.24, 2.45) is 0 Å². The average molecular weight is 195 g/mol. The second kappa shape index (κ2) is 4.13. The number of nitrogens with zero attached hydrogens (tertiary/aromatic N) is 3. The Bertz CT molecular complexity index is 290. The summed E-state index contributed by atoms with van der Waals surface area (Å²) in [4.78, 5) is 10.1. The van der Waals surface area contributed by atoms with Gasteiger partial charge in [-0.15, -0.1) is 0 Å². The van der Waals surface area contributed by atoms with Gasteiger partial charge in [0.15, 0.2) is 0 Å². The van der Waals surface area contributed by atoms with Gasteiger partial charge in [0.05, 0.1) is 0 Å². The van der Waals surface area contributed by atoms with E-state index in [-0.39, 0.29) is 5.95 Å². The van der Waals surface area contributed by atoms with Gasteiger partial charge >= 0.3 is 0 Å². The molecule has 0 aliphatic carbocycles. The molecule has 0 atom stereocenters. The summed E-state index contributed by atoms with van der Waals surface area (Å²) in [6.45, 7) is 7.12. The molecular weight excluding hydrogens is 178 g/mol. The van der Waals surface area contributed by atoms with Crippen molar-refractivity contribution in [2.45, 2.75) is 26.8 Å². The summed E-state index contributed by atoms with van der Waals surface area (Å²) in [6, 6.07) is 2.11. The van der Waals surface area contributed by atoms with Crippen molar-refractivity contribution in [1.29, 1.82) is 0 Å². The first-order valence-electron chi connectivity index (χ1n) is 4.71. The van der Waals surface area contributed by atoms with Crippen LogP contribution in [-0.2, 0) is 0 Å². The van der Waals surface area contributed by atoms with E-state index < -0.39 is 0 Å². The smallest absolute Gasteiger partial charge is 0.223 e. The number of nitrogens with two attached hydrogens (primary N) is 2. The number of hydrogen-bond donors (Lipinski definition) is 2. The molecule has 0 unspecified atom stereocenters. The number of anilines is 3. The van der Waals surface area contributed by atoms with Crippen molar-refractivity contribution in [3.8, 4) is 0 Å². The van der Waals surface area contributed by atoms with Gasteiger partial charge in [-0.05, 0) is 20.8 Å². The first kappa shape index (κ1) is 10.6. The van der Waals surface area contributed by atoms with E-state index in [1.54, 1.807) is 6.07 Å². The van der Waals surface area contributed by atoms with E-state index in [9.17, 15) is 0 Å². The minimum Gasteiger partial charge on any atom is -0.383 e. The third-order valence-electron chi connectivity index (χ3n) is 2.01. The molecule has 4 N–H and O–H groups in total. The molecule has 1 aromatic rings. The molecule has 0 aromatic carbocycles. The fourth-order valence-electron chi connectivity index (χ4n) is 1.41. The number of nitrogen functional groups attached to an aromatic ring is 2. The van der Waals surface area contributed by atoms with Crippen LogP contribution in [0.2, 0.25) is 0 Å². The summed E-state index contributed by atoms with van der Waals surface area (Å²) in [5.74, 6) is 1.42. The van der Waals surface area contributed by atoms with E-state index in [1.165, 1.54) is 0 Å². The number of aromatic nitrogens is 2. The fourth-order valence-corrected chi connectivity index (χ4v) is 1.41. The van der Waals surface area contributed by atoms with E-state index in [1.807, 2.05) is 0 Å². The lowest BCUT2D eigenvalue weighted by atomic mass is 10.3.